The molecule has 2 amide bonds. The number of likely N-dealkylation sites (tertiary alicyclic amines) is 1. The van der Waals surface area contributed by atoms with Gasteiger partial charge in [0.25, 0.3) is 0 Å². The molecular formula is C20H26ClF2N3O4. The maximum atomic E-state index is 12.6. The fourth-order valence-electron chi connectivity index (χ4n) is 3.76. The van der Waals surface area contributed by atoms with Gasteiger partial charge in [-0.05, 0) is 51.1 Å². The molecule has 0 aliphatic carbocycles. The Bertz CT molecular complexity index is 754. The number of ether oxygens (including phenoxy) is 2. The molecule has 0 saturated carbocycles. The number of hydrogen-bond acceptors (Lipinski definition) is 5. The van der Waals surface area contributed by atoms with Crippen molar-refractivity contribution in [2.75, 3.05) is 44.7 Å². The van der Waals surface area contributed by atoms with Crippen LogP contribution in [0.3, 0.4) is 0 Å². The molecule has 0 aromatic heterocycles. The zero-order chi connectivity index (χ0) is 21.7. The highest BCUT2D eigenvalue weighted by molar-refractivity contribution is 6.32. The average Bonchev–Trinajstić information content (AvgIpc) is 2.75. The van der Waals surface area contributed by atoms with Crippen LogP contribution in [0.25, 0.3) is 0 Å². The Labute approximate surface area is 179 Å². The standard InChI is InChI=1S/C20H26ClF2N3O4/c1-13(18(27)24-15-2-3-17(16(21)12-15)30-20(22)23)25-6-4-14(5-7-25)19(28)26-8-10-29-11-9-26/h2-3,12-14,20H,4-11H2,1H3,(H,24,27)/t13-/m0/s1. The van der Waals surface area contributed by atoms with E-state index in [0.717, 1.165) is 0 Å². The molecular weight excluding hydrogens is 420 g/mol. The largest absolute Gasteiger partial charge is 0.433 e. The van der Waals surface area contributed by atoms with E-state index in [-0.39, 0.29) is 28.5 Å². The summed E-state index contributed by atoms with van der Waals surface area (Å²) in [5.41, 5.74) is 0.399. The Morgan fingerprint density at radius 3 is 2.47 bits per heavy atom. The molecule has 1 atom stereocenters. The van der Waals surface area contributed by atoms with Crippen molar-refractivity contribution >= 4 is 29.1 Å². The number of amides is 2. The summed E-state index contributed by atoms with van der Waals surface area (Å²) in [7, 11) is 0. The molecule has 2 heterocycles. The highest BCUT2D eigenvalue weighted by atomic mass is 35.5. The predicted molar refractivity (Wildman–Crippen MR) is 108 cm³/mol. The van der Waals surface area contributed by atoms with Crippen LogP contribution in [0, 0.1) is 5.92 Å². The number of benzene rings is 1. The summed E-state index contributed by atoms with van der Waals surface area (Å²) in [6, 6.07) is 3.72. The van der Waals surface area contributed by atoms with Crippen LogP contribution in [-0.4, -0.2) is 73.7 Å². The molecule has 1 aromatic carbocycles. The molecule has 1 aromatic rings. The monoisotopic (exact) mass is 445 g/mol. The Kier molecular flexibility index (Phi) is 7.85. The second-order valence-electron chi connectivity index (χ2n) is 7.44. The zero-order valence-corrected chi connectivity index (χ0v) is 17.5. The van der Waals surface area contributed by atoms with E-state index in [9.17, 15) is 18.4 Å². The highest BCUT2D eigenvalue weighted by Gasteiger charge is 2.32. The van der Waals surface area contributed by atoms with Crippen molar-refractivity contribution in [3.63, 3.8) is 0 Å². The van der Waals surface area contributed by atoms with Crippen LogP contribution in [0.2, 0.25) is 5.02 Å². The fraction of sp³-hybridized carbons (Fsp3) is 0.600. The summed E-state index contributed by atoms with van der Waals surface area (Å²) in [5, 5.41) is 2.74. The molecule has 30 heavy (non-hydrogen) atoms. The maximum Gasteiger partial charge on any atom is 0.387 e. The number of carbonyl (C=O) groups is 2. The van der Waals surface area contributed by atoms with Gasteiger partial charge >= 0.3 is 6.61 Å². The number of alkyl halides is 2. The number of carbonyl (C=O) groups excluding carboxylic acids is 2. The lowest BCUT2D eigenvalue weighted by Crippen LogP contribution is -2.50. The molecule has 0 radical (unpaired) electrons. The van der Waals surface area contributed by atoms with Crippen molar-refractivity contribution in [3.05, 3.63) is 23.2 Å². The minimum atomic E-state index is -2.97. The molecule has 0 spiro atoms. The van der Waals surface area contributed by atoms with Gasteiger partial charge in [0.05, 0.1) is 24.3 Å². The van der Waals surface area contributed by atoms with Crippen LogP contribution >= 0.6 is 11.6 Å². The Morgan fingerprint density at radius 1 is 1.20 bits per heavy atom. The molecule has 2 aliphatic rings. The van der Waals surface area contributed by atoms with E-state index in [1.807, 2.05) is 9.80 Å². The van der Waals surface area contributed by atoms with E-state index in [1.54, 1.807) is 6.92 Å². The van der Waals surface area contributed by atoms with Crippen molar-refractivity contribution in [2.45, 2.75) is 32.4 Å². The lowest BCUT2D eigenvalue weighted by Gasteiger charge is -2.37. The van der Waals surface area contributed by atoms with Gasteiger partial charge < -0.3 is 19.7 Å². The van der Waals surface area contributed by atoms with Gasteiger partial charge in [-0.3, -0.25) is 14.5 Å². The van der Waals surface area contributed by atoms with Crippen molar-refractivity contribution < 1.29 is 27.8 Å². The van der Waals surface area contributed by atoms with Gasteiger partial charge in [-0.1, -0.05) is 11.6 Å². The summed E-state index contributed by atoms with van der Waals surface area (Å²) < 4.78 is 34.2. The van der Waals surface area contributed by atoms with Gasteiger partial charge in [0, 0.05) is 24.7 Å². The number of nitrogens with zero attached hydrogens (tertiary/aromatic N) is 2. The van der Waals surface area contributed by atoms with Crippen molar-refractivity contribution in [1.29, 1.82) is 0 Å². The molecule has 166 valence electrons. The smallest absolute Gasteiger partial charge is 0.387 e. The van der Waals surface area contributed by atoms with Crippen molar-refractivity contribution in [1.82, 2.24) is 9.80 Å². The number of anilines is 1. The van der Waals surface area contributed by atoms with Gasteiger partial charge in [-0.2, -0.15) is 8.78 Å². The fourth-order valence-corrected chi connectivity index (χ4v) is 3.98. The first-order valence-electron chi connectivity index (χ1n) is 10.0. The third-order valence-electron chi connectivity index (χ3n) is 5.54. The molecule has 2 fully saturated rings. The van der Waals surface area contributed by atoms with E-state index in [0.29, 0.717) is 57.9 Å². The quantitative estimate of drug-likeness (QED) is 0.729. The van der Waals surface area contributed by atoms with Crippen LogP contribution < -0.4 is 10.1 Å². The summed E-state index contributed by atoms with van der Waals surface area (Å²) >= 11 is 5.93. The van der Waals surface area contributed by atoms with E-state index >= 15 is 0 Å². The molecule has 2 saturated heterocycles. The van der Waals surface area contributed by atoms with Gasteiger partial charge in [0.2, 0.25) is 11.8 Å². The minimum absolute atomic E-state index is 0.0109. The highest BCUT2D eigenvalue weighted by Crippen LogP contribution is 2.29. The zero-order valence-electron chi connectivity index (χ0n) is 16.8. The topological polar surface area (TPSA) is 71.1 Å². The summed E-state index contributed by atoms with van der Waals surface area (Å²) in [6.07, 6.45) is 1.42. The van der Waals surface area contributed by atoms with Crippen LogP contribution in [0.5, 0.6) is 5.75 Å². The minimum Gasteiger partial charge on any atom is -0.433 e. The van der Waals surface area contributed by atoms with Gasteiger partial charge in [-0.25, -0.2) is 0 Å². The normalized spacial score (nSPS) is 19.6. The Morgan fingerprint density at radius 2 is 1.87 bits per heavy atom. The van der Waals surface area contributed by atoms with E-state index in [2.05, 4.69) is 10.1 Å². The van der Waals surface area contributed by atoms with E-state index < -0.39 is 12.7 Å². The second kappa shape index (κ2) is 10.4. The van der Waals surface area contributed by atoms with Crippen LogP contribution in [-0.2, 0) is 14.3 Å². The van der Waals surface area contributed by atoms with E-state index in [4.69, 9.17) is 16.3 Å². The number of piperidine rings is 1. The summed E-state index contributed by atoms with van der Waals surface area (Å²) in [4.78, 5) is 29.1. The number of hydrogen-bond donors (Lipinski definition) is 1. The van der Waals surface area contributed by atoms with Crippen LogP contribution in [0.1, 0.15) is 19.8 Å². The number of halogens is 3. The molecule has 2 aliphatic heterocycles. The molecule has 1 N–H and O–H groups in total. The van der Waals surface area contributed by atoms with Crippen LogP contribution in [0.15, 0.2) is 18.2 Å². The first-order chi connectivity index (χ1) is 14.3. The third kappa shape index (κ3) is 5.80. The predicted octanol–water partition coefficient (Wildman–Crippen LogP) is 2.84. The van der Waals surface area contributed by atoms with Gasteiger partial charge in [-0.15, -0.1) is 0 Å². The van der Waals surface area contributed by atoms with Crippen molar-refractivity contribution in [2.24, 2.45) is 5.92 Å². The molecule has 7 nitrogen and oxygen atoms in total. The second-order valence-corrected chi connectivity index (χ2v) is 7.84. The average molecular weight is 446 g/mol. The first kappa shape index (κ1) is 22.7. The van der Waals surface area contributed by atoms with E-state index in [1.165, 1.54) is 18.2 Å². The molecule has 10 heteroatoms. The van der Waals surface area contributed by atoms with Crippen LogP contribution in [0.4, 0.5) is 14.5 Å². The first-order valence-corrected chi connectivity index (χ1v) is 10.4. The molecule has 0 bridgehead atoms. The Hall–Kier alpha value is -1.97. The molecule has 0 unspecified atom stereocenters. The number of rotatable bonds is 6. The lowest BCUT2D eigenvalue weighted by atomic mass is 9.94. The Balaban J connectivity index is 1.49. The third-order valence-corrected chi connectivity index (χ3v) is 5.84. The molecule has 3 rings (SSSR count). The number of morpholine rings is 1. The van der Waals surface area contributed by atoms with Gasteiger partial charge in [0.1, 0.15) is 5.75 Å². The lowest BCUT2D eigenvalue weighted by molar-refractivity contribution is -0.141. The van der Waals surface area contributed by atoms with Crippen molar-refractivity contribution in [3.8, 4) is 5.75 Å². The summed E-state index contributed by atoms with van der Waals surface area (Å²) in [5.74, 6) is -0.220. The summed E-state index contributed by atoms with van der Waals surface area (Å²) in [6.45, 7) is 2.58. The SMILES string of the molecule is C[C@@H](C(=O)Nc1ccc(OC(F)F)c(Cl)c1)N1CCC(C(=O)N2CCOCC2)CC1. The number of nitrogens with one attached hydrogen (secondary N) is 1. The van der Waals surface area contributed by atoms with Gasteiger partial charge in [0.15, 0.2) is 0 Å². The maximum absolute atomic E-state index is 12.6.